The molecule has 0 atom stereocenters. The fraction of sp³-hybridized carbons (Fsp3) is 0.579. The fourth-order valence-corrected chi connectivity index (χ4v) is 3.75. The van der Waals surface area contributed by atoms with Crippen molar-refractivity contribution in [3.63, 3.8) is 0 Å². The average Bonchev–Trinajstić information content (AvgIpc) is 2.52. The number of carbonyl (C=O) groups excluding carboxylic acids is 2. The molecule has 0 bridgehead atoms. The molecule has 0 aliphatic carbocycles. The maximum Gasteiger partial charge on any atom is 0.254 e. The third-order valence-electron chi connectivity index (χ3n) is 4.07. The van der Waals surface area contributed by atoms with E-state index < -0.39 is 0 Å². The summed E-state index contributed by atoms with van der Waals surface area (Å²) in [6.45, 7) is 5.57. The van der Waals surface area contributed by atoms with E-state index in [2.05, 4.69) is 5.32 Å². The van der Waals surface area contributed by atoms with Gasteiger partial charge in [-0.05, 0) is 38.8 Å². The standard InChI is InChI=1S/C19H28N2O2S/c1-15(2)20-18(22)14-24-17-11-7-6-10-16(17)19(23)21-12-8-4-3-5-9-13-21/h6-7,10-11,15H,3-5,8-9,12-14H2,1-2H3,(H,20,22). The predicted octanol–water partition coefficient (Wildman–Crippen LogP) is 3.71. The summed E-state index contributed by atoms with van der Waals surface area (Å²) in [5.74, 6) is 0.440. The average molecular weight is 349 g/mol. The van der Waals surface area contributed by atoms with Crippen LogP contribution >= 0.6 is 11.8 Å². The Kier molecular flexibility index (Phi) is 7.63. The first-order chi connectivity index (χ1) is 11.6. The van der Waals surface area contributed by atoms with E-state index in [4.69, 9.17) is 0 Å². The van der Waals surface area contributed by atoms with Crippen molar-refractivity contribution in [1.82, 2.24) is 10.2 Å². The van der Waals surface area contributed by atoms with Gasteiger partial charge in [-0.3, -0.25) is 9.59 Å². The Hall–Kier alpha value is -1.49. The van der Waals surface area contributed by atoms with Gasteiger partial charge in [0.25, 0.3) is 5.91 Å². The van der Waals surface area contributed by atoms with Crippen molar-refractivity contribution in [3.05, 3.63) is 29.8 Å². The predicted molar refractivity (Wildman–Crippen MR) is 99.4 cm³/mol. The number of rotatable bonds is 5. The quantitative estimate of drug-likeness (QED) is 0.825. The molecule has 1 aliphatic rings. The van der Waals surface area contributed by atoms with Gasteiger partial charge in [-0.25, -0.2) is 0 Å². The third kappa shape index (κ3) is 5.86. The van der Waals surface area contributed by atoms with Crippen molar-refractivity contribution >= 4 is 23.6 Å². The Labute approximate surface area is 149 Å². The van der Waals surface area contributed by atoms with E-state index in [1.54, 1.807) is 0 Å². The van der Waals surface area contributed by atoms with Gasteiger partial charge in [-0.1, -0.05) is 31.4 Å². The molecule has 5 heteroatoms. The monoisotopic (exact) mass is 348 g/mol. The van der Waals surface area contributed by atoms with Crippen LogP contribution in [-0.2, 0) is 4.79 Å². The van der Waals surface area contributed by atoms with Gasteiger partial charge < -0.3 is 10.2 Å². The van der Waals surface area contributed by atoms with E-state index in [9.17, 15) is 9.59 Å². The second kappa shape index (κ2) is 9.72. The normalized spacial score (nSPS) is 15.7. The van der Waals surface area contributed by atoms with E-state index in [1.807, 2.05) is 43.0 Å². The number of amides is 2. The summed E-state index contributed by atoms with van der Waals surface area (Å²) in [6.07, 6.45) is 5.85. The summed E-state index contributed by atoms with van der Waals surface area (Å²) in [4.78, 5) is 27.7. The van der Waals surface area contributed by atoms with Crippen LogP contribution in [0, 0.1) is 0 Å². The second-order valence-corrected chi connectivity index (χ2v) is 7.58. The Morgan fingerprint density at radius 2 is 1.71 bits per heavy atom. The highest BCUT2D eigenvalue weighted by Gasteiger charge is 2.19. The van der Waals surface area contributed by atoms with Gasteiger partial charge in [0.15, 0.2) is 0 Å². The lowest BCUT2D eigenvalue weighted by molar-refractivity contribution is -0.119. The van der Waals surface area contributed by atoms with Gasteiger partial charge in [0, 0.05) is 24.0 Å². The van der Waals surface area contributed by atoms with Crippen LogP contribution in [0.1, 0.15) is 56.3 Å². The molecule has 0 aromatic heterocycles. The summed E-state index contributed by atoms with van der Waals surface area (Å²) in [7, 11) is 0. The molecule has 24 heavy (non-hydrogen) atoms. The maximum absolute atomic E-state index is 12.9. The highest BCUT2D eigenvalue weighted by atomic mass is 32.2. The molecule has 1 saturated heterocycles. The Balaban J connectivity index is 2.03. The molecular weight excluding hydrogens is 320 g/mol. The molecule has 1 fully saturated rings. The number of hydrogen-bond donors (Lipinski definition) is 1. The van der Waals surface area contributed by atoms with E-state index in [0.717, 1.165) is 36.4 Å². The molecular formula is C19H28N2O2S. The molecule has 1 aromatic carbocycles. The third-order valence-corrected chi connectivity index (χ3v) is 5.14. The van der Waals surface area contributed by atoms with Gasteiger partial charge in [-0.2, -0.15) is 0 Å². The summed E-state index contributed by atoms with van der Waals surface area (Å²) < 4.78 is 0. The summed E-state index contributed by atoms with van der Waals surface area (Å²) in [6, 6.07) is 7.77. The zero-order valence-electron chi connectivity index (χ0n) is 14.7. The minimum atomic E-state index is 0.00325. The zero-order valence-corrected chi connectivity index (χ0v) is 15.5. The van der Waals surface area contributed by atoms with E-state index >= 15 is 0 Å². The molecule has 4 nitrogen and oxygen atoms in total. The van der Waals surface area contributed by atoms with E-state index in [0.29, 0.717) is 5.75 Å². The van der Waals surface area contributed by atoms with Crippen molar-refractivity contribution < 1.29 is 9.59 Å². The highest BCUT2D eigenvalue weighted by molar-refractivity contribution is 8.00. The van der Waals surface area contributed by atoms with Crippen LogP contribution < -0.4 is 5.32 Å². The van der Waals surface area contributed by atoms with Crippen molar-refractivity contribution in [2.75, 3.05) is 18.8 Å². The van der Waals surface area contributed by atoms with Gasteiger partial charge in [0.05, 0.1) is 11.3 Å². The molecule has 1 aromatic rings. The molecule has 2 rings (SSSR count). The molecule has 0 unspecified atom stereocenters. The number of carbonyl (C=O) groups is 2. The summed E-state index contributed by atoms with van der Waals surface area (Å²) in [5.41, 5.74) is 0.723. The highest BCUT2D eigenvalue weighted by Crippen LogP contribution is 2.24. The maximum atomic E-state index is 12.9. The molecule has 0 radical (unpaired) electrons. The molecule has 0 spiro atoms. The van der Waals surface area contributed by atoms with Crippen LogP contribution in [0.5, 0.6) is 0 Å². The molecule has 2 amide bonds. The lowest BCUT2D eigenvalue weighted by atomic mass is 10.1. The number of nitrogens with one attached hydrogen (secondary N) is 1. The van der Waals surface area contributed by atoms with Crippen LogP contribution in [0.2, 0.25) is 0 Å². The fourth-order valence-electron chi connectivity index (χ4n) is 2.90. The van der Waals surface area contributed by atoms with E-state index in [1.165, 1.54) is 31.0 Å². The Morgan fingerprint density at radius 3 is 2.38 bits per heavy atom. The van der Waals surface area contributed by atoms with Gasteiger partial charge in [-0.15, -0.1) is 11.8 Å². The van der Waals surface area contributed by atoms with Crippen LogP contribution in [0.3, 0.4) is 0 Å². The zero-order chi connectivity index (χ0) is 17.4. The minimum absolute atomic E-state index is 0.00325. The first-order valence-corrected chi connectivity index (χ1v) is 9.87. The smallest absolute Gasteiger partial charge is 0.254 e. The number of nitrogens with zero attached hydrogens (tertiary/aromatic N) is 1. The van der Waals surface area contributed by atoms with Crippen molar-refractivity contribution in [2.45, 2.75) is 56.9 Å². The van der Waals surface area contributed by atoms with Crippen LogP contribution in [0.25, 0.3) is 0 Å². The largest absolute Gasteiger partial charge is 0.353 e. The summed E-state index contributed by atoms with van der Waals surface area (Å²) in [5, 5.41) is 2.89. The lowest BCUT2D eigenvalue weighted by Gasteiger charge is -2.25. The molecule has 1 N–H and O–H groups in total. The molecule has 1 heterocycles. The summed E-state index contributed by atoms with van der Waals surface area (Å²) >= 11 is 1.44. The van der Waals surface area contributed by atoms with Crippen LogP contribution in [0.15, 0.2) is 29.2 Å². The van der Waals surface area contributed by atoms with Gasteiger partial charge in [0.1, 0.15) is 0 Å². The first kappa shape index (κ1) is 18.8. The van der Waals surface area contributed by atoms with Crippen LogP contribution in [-0.4, -0.2) is 41.6 Å². The number of likely N-dealkylation sites (tertiary alicyclic amines) is 1. The van der Waals surface area contributed by atoms with Gasteiger partial charge >= 0.3 is 0 Å². The number of hydrogen-bond acceptors (Lipinski definition) is 3. The Morgan fingerprint density at radius 1 is 1.08 bits per heavy atom. The van der Waals surface area contributed by atoms with Crippen molar-refractivity contribution in [3.8, 4) is 0 Å². The SMILES string of the molecule is CC(C)NC(=O)CSc1ccccc1C(=O)N1CCCCCCC1. The molecule has 1 aliphatic heterocycles. The molecule has 132 valence electrons. The van der Waals surface area contributed by atoms with E-state index in [-0.39, 0.29) is 17.9 Å². The second-order valence-electron chi connectivity index (χ2n) is 6.57. The van der Waals surface area contributed by atoms with Crippen LogP contribution in [0.4, 0.5) is 0 Å². The van der Waals surface area contributed by atoms with Crippen molar-refractivity contribution in [2.24, 2.45) is 0 Å². The first-order valence-electron chi connectivity index (χ1n) is 8.88. The van der Waals surface area contributed by atoms with Gasteiger partial charge in [0.2, 0.25) is 5.91 Å². The Bertz CT molecular complexity index is 552. The molecule has 0 saturated carbocycles. The minimum Gasteiger partial charge on any atom is -0.353 e. The lowest BCUT2D eigenvalue weighted by Crippen LogP contribution is -2.34. The topological polar surface area (TPSA) is 49.4 Å². The number of thioether (sulfide) groups is 1. The van der Waals surface area contributed by atoms with Crippen molar-refractivity contribution in [1.29, 1.82) is 0 Å². The number of benzene rings is 1.